The summed E-state index contributed by atoms with van der Waals surface area (Å²) in [4.78, 5) is 0.532. The van der Waals surface area contributed by atoms with Gasteiger partial charge in [-0.2, -0.15) is 0 Å². The lowest BCUT2D eigenvalue weighted by Crippen LogP contribution is -2.01. The second-order valence-corrected chi connectivity index (χ2v) is 8.21. The highest BCUT2D eigenvalue weighted by Crippen LogP contribution is 2.26. The number of halogens is 1. The second-order valence-electron chi connectivity index (χ2n) is 5.34. The summed E-state index contributed by atoms with van der Waals surface area (Å²) in [6, 6.07) is 20.7. The minimum absolute atomic E-state index is 0.245. The minimum atomic E-state index is -3.51. The lowest BCUT2D eigenvalue weighted by atomic mass is 10.2. The fraction of sp³-hybridized carbons (Fsp3) is 0.0526. The first-order valence-electron chi connectivity index (χ1n) is 7.30. The quantitative estimate of drug-likeness (QED) is 0.587. The molecule has 0 heterocycles. The topological polar surface area (TPSA) is 43.4 Å². The molecule has 0 aliphatic rings. The molecule has 0 saturated carbocycles. The number of rotatable bonds is 4. The molecule has 0 fully saturated rings. The minimum Gasteiger partial charge on any atom is -0.457 e. The predicted molar refractivity (Wildman–Crippen MR) is 97.3 cm³/mol. The third-order valence-electron chi connectivity index (χ3n) is 3.51. The molecule has 0 radical (unpaired) electrons. The molecule has 3 rings (SSSR count). The van der Waals surface area contributed by atoms with Crippen LogP contribution in [-0.2, 0) is 9.84 Å². The Balaban J connectivity index is 1.83. The molecule has 0 spiro atoms. The van der Waals surface area contributed by atoms with Crippen molar-refractivity contribution in [2.24, 2.45) is 0 Å². The number of ether oxygens (including phenoxy) is 1. The molecule has 3 aromatic rings. The lowest BCUT2D eigenvalue weighted by molar-refractivity contribution is 0.482. The fourth-order valence-corrected chi connectivity index (χ4v) is 3.70. The normalized spacial score (nSPS) is 11.2. The van der Waals surface area contributed by atoms with Crippen LogP contribution in [0.5, 0.6) is 11.5 Å². The van der Waals surface area contributed by atoms with Crippen molar-refractivity contribution in [3.05, 3.63) is 82.8 Å². The molecule has 0 amide bonds. The van der Waals surface area contributed by atoms with E-state index in [1.54, 1.807) is 48.5 Å². The SMILES string of the molecule is Cc1ccc(S(=O)(=O)c2ccc(Oc3ccc(Br)cc3)cc2)cc1. The maximum absolute atomic E-state index is 12.6. The summed E-state index contributed by atoms with van der Waals surface area (Å²) < 4.78 is 31.9. The van der Waals surface area contributed by atoms with Crippen molar-refractivity contribution < 1.29 is 13.2 Å². The highest BCUT2D eigenvalue weighted by molar-refractivity contribution is 9.10. The van der Waals surface area contributed by atoms with Crippen molar-refractivity contribution in [2.45, 2.75) is 16.7 Å². The van der Waals surface area contributed by atoms with Crippen LogP contribution >= 0.6 is 15.9 Å². The van der Waals surface area contributed by atoms with Gasteiger partial charge in [-0.25, -0.2) is 8.42 Å². The average Bonchev–Trinajstić information content (AvgIpc) is 2.58. The van der Waals surface area contributed by atoms with E-state index in [1.807, 2.05) is 31.2 Å². The van der Waals surface area contributed by atoms with Gasteiger partial charge in [0.25, 0.3) is 0 Å². The summed E-state index contributed by atoms with van der Waals surface area (Å²) in [5.74, 6) is 1.27. The molecule has 0 saturated heterocycles. The lowest BCUT2D eigenvalue weighted by Gasteiger charge is -2.08. The predicted octanol–water partition coefficient (Wildman–Crippen LogP) is 5.38. The van der Waals surface area contributed by atoms with Crippen LogP contribution in [0.2, 0.25) is 0 Å². The van der Waals surface area contributed by atoms with E-state index >= 15 is 0 Å². The molecule has 0 bridgehead atoms. The van der Waals surface area contributed by atoms with Crippen molar-refractivity contribution in [2.75, 3.05) is 0 Å². The molecule has 0 aliphatic heterocycles. The van der Waals surface area contributed by atoms with Crippen molar-refractivity contribution in [3.8, 4) is 11.5 Å². The number of sulfone groups is 1. The fourth-order valence-electron chi connectivity index (χ4n) is 2.18. The maximum atomic E-state index is 12.6. The Morgan fingerprint density at radius 3 is 1.62 bits per heavy atom. The Bertz CT molecular complexity index is 929. The van der Waals surface area contributed by atoms with Gasteiger partial charge in [-0.05, 0) is 67.6 Å². The molecule has 0 atom stereocenters. The van der Waals surface area contributed by atoms with Gasteiger partial charge in [0.2, 0.25) is 9.84 Å². The van der Waals surface area contributed by atoms with E-state index in [2.05, 4.69) is 15.9 Å². The van der Waals surface area contributed by atoms with E-state index in [-0.39, 0.29) is 9.79 Å². The summed E-state index contributed by atoms with van der Waals surface area (Å²) in [6.45, 7) is 1.92. The Hall–Kier alpha value is -2.11. The maximum Gasteiger partial charge on any atom is 0.206 e. The van der Waals surface area contributed by atoms with Crippen LogP contribution < -0.4 is 4.74 Å². The Labute approximate surface area is 150 Å². The van der Waals surface area contributed by atoms with E-state index in [9.17, 15) is 8.42 Å². The zero-order chi connectivity index (χ0) is 17.2. The number of aryl methyl sites for hydroxylation is 1. The molecule has 122 valence electrons. The van der Waals surface area contributed by atoms with E-state index in [4.69, 9.17) is 4.74 Å². The summed E-state index contributed by atoms with van der Waals surface area (Å²) in [7, 11) is -3.51. The van der Waals surface area contributed by atoms with Crippen molar-refractivity contribution in [1.29, 1.82) is 0 Å². The van der Waals surface area contributed by atoms with Crippen molar-refractivity contribution in [1.82, 2.24) is 0 Å². The van der Waals surface area contributed by atoms with Gasteiger partial charge in [-0.3, -0.25) is 0 Å². The largest absolute Gasteiger partial charge is 0.457 e. The highest BCUT2D eigenvalue weighted by atomic mass is 79.9. The number of benzene rings is 3. The molecule has 0 unspecified atom stereocenters. The number of hydrogen-bond donors (Lipinski definition) is 0. The van der Waals surface area contributed by atoms with Crippen LogP contribution in [0.25, 0.3) is 0 Å². The van der Waals surface area contributed by atoms with Crippen molar-refractivity contribution >= 4 is 25.8 Å². The average molecular weight is 403 g/mol. The summed E-state index contributed by atoms with van der Waals surface area (Å²) >= 11 is 3.37. The van der Waals surface area contributed by atoms with Gasteiger partial charge in [0.05, 0.1) is 9.79 Å². The second kappa shape index (κ2) is 6.79. The third kappa shape index (κ3) is 3.68. The summed E-state index contributed by atoms with van der Waals surface area (Å²) in [6.07, 6.45) is 0. The van der Waals surface area contributed by atoms with Gasteiger partial charge >= 0.3 is 0 Å². The van der Waals surface area contributed by atoms with Crippen LogP contribution in [-0.4, -0.2) is 8.42 Å². The van der Waals surface area contributed by atoms with Crippen LogP contribution in [0, 0.1) is 6.92 Å². The summed E-state index contributed by atoms with van der Waals surface area (Å²) in [5, 5.41) is 0. The molecule has 3 nitrogen and oxygen atoms in total. The number of hydrogen-bond acceptors (Lipinski definition) is 3. The molecular formula is C19H15BrO3S. The van der Waals surface area contributed by atoms with E-state index < -0.39 is 9.84 Å². The zero-order valence-electron chi connectivity index (χ0n) is 12.9. The van der Waals surface area contributed by atoms with E-state index in [1.165, 1.54) is 0 Å². The smallest absolute Gasteiger partial charge is 0.206 e. The first kappa shape index (κ1) is 16.7. The van der Waals surface area contributed by atoms with Gasteiger partial charge in [-0.1, -0.05) is 33.6 Å². The van der Waals surface area contributed by atoms with E-state index in [0.717, 1.165) is 10.0 Å². The summed E-state index contributed by atoms with van der Waals surface area (Å²) in [5.41, 5.74) is 1.02. The van der Waals surface area contributed by atoms with Gasteiger partial charge in [-0.15, -0.1) is 0 Å². The molecule has 5 heteroatoms. The van der Waals surface area contributed by atoms with Gasteiger partial charge in [0.1, 0.15) is 11.5 Å². The Morgan fingerprint density at radius 2 is 1.12 bits per heavy atom. The molecule has 0 aliphatic carbocycles. The molecular weight excluding hydrogens is 388 g/mol. The highest BCUT2D eigenvalue weighted by Gasteiger charge is 2.17. The first-order valence-corrected chi connectivity index (χ1v) is 9.58. The monoisotopic (exact) mass is 402 g/mol. The molecule has 24 heavy (non-hydrogen) atoms. The zero-order valence-corrected chi connectivity index (χ0v) is 15.3. The molecule has 0 aromatic heterocycles. The third-order valence-corrected chi connectivity index (χ3v) is 5.83. The van der Waals surface area contributed by atoms with Gasteiger partial charge < -0.3 is 4.74 Å². The van der Waals surface area contributed by atoms with Gasteiger partial charge in [0.15, 0.2) is 0 Å². The standard InChI is InChI=1S/C19H15BrO3S/c1-14-2-10-18(11-3-14)24(21,22)19-12-8-17(9-13-19)23-16-6-4-15(20)5-7-16/h2-13H,1H3. The Morgan fingerprint density at radius 1 is 0.708 bits per heavy atom. The van der Waals surface area contributed by atoms with E-state index in [0.29, 0.717) is 11.5 Å². The van der Waals surface area contributed by atoms with Crippen molar-refractivity contribution in [3.63, 3.8) is 0 Å². The van der Waals surface area contributed by atoms with Crippen LogP contribution in [0.3, 0.4) is 0 Å². The van der Waals surface area contributed by atoms with Crippen LogP contribution in [0.4, 0.5) is 0 Å². The van der Waals surface area contributed by atoms with Gasteiger partial charge in [0, 0.05) is 4.47 Å². The molecule has 0 N–H and O–H groups in total. The van der Waals surface area contributed by atoms with Crippen LogP contribution in [0.15, 0.2) is 87.1 Å². The Kier molecular flexibility index (Phi) is 4.73. The van der Waals surface area contributed by atoms with Crippen LogP contribution in [0.1, 0.15) is 5.56 Å². The first-order chi connectivity index (χ1) is 11.4. The molecule has 3 aromatic carbocycles.